The third kappa shape index (κ3) is 9.38. The van der Waals surface area contributed by atoms with Gasteiger partial charge in [-0.15, -0.1) is 0 Å². The molecule has 5 amide bonds. The topological polar surface area (TPSA) is 188 Å². The van der Waals surface area contributed by atoms with Gasteiger partial charge in [-0.05, 0) is 48.9 Å². The number of hydrogen-bond acceptors (Lipinski definition) is 7. The fraction of sp³-hybridized carbons (Fsp3) is 0.833. The summed E-state index contributed by atoms with van der Waals surface area (Å²) < 4.78 is 25.4. The number of likely N-dealkylation sites (N-methyl/N-ethyl adjacent to an activating group) is 1. The van der Waals surface area contributed by atoms with Crippen molar-refractivity contribution < 1.29 is 32.4 Å². The van der Waals surface area contributed by atoms with Crippen LogP contribution in [0.2, 0.25) is 0 Å². The molecular weight excluding hydrogens is 588 g/mol. The maximum atomic E-state index is 14.3. The fourth-order valence-corrected chi connectivity index (χ4v) is 6.69. The standard InChI is InChI=1S/C30H52N6O7S/c1-29(2,3)22(18-35(5)44(6,42)43)33-28(41)34-24(30(4)14-8-7-9-15-30)27(40)36-16-10-11-21(36)26(39)32-20(17-19-12-13-19)23(37)25(31)38/h19-22,24H,7-18H2,1-6H3,(H2,31,38)(H,32,39)(H2,33,34,41)/t20?,21-,22+,24+/m0/s1. The van der Waals surface area contributed by atoms with E-state index in [-0.39, 0.29) is 18.4 Å². The Morgan fingerprint density at radius 1 is 0.977 bits per heavy atom. The number of nitrogens with zero attached hydrogens (tertiary/aromatic N) is 2. The van der Waals surface area contributed by atoms with Gasteiger partial charge in [-0.2, -0.15) is 0 Å². The quantitative estimate of drug-likeness (QED) is 0.218. The van der Waals surface area contributed by atoms with Gasteiger partial charge in [0, 0.05) is 26.2 Å². The molecule has 0 aromatic heterocycles. The van der Waals surface area contributed by atoms with E-state index in [4.69, 9.17) is 5.73 Å². The number of Topliss-reactive ketones (excluding diaryl/α,β-unsaturated/α-hetero) is 1. The molecule has 0 radical (unpaired) electrons. The third-order valence-corrected chi connectivity index (χ3v) is 10.8. The predicted molar refractivity (Wildman–Crippen MR) is 166 cm³/mol. The van der Waals surface area contributed by atoms with Gasteiger partial charge in [0.15, 0.2) is 0 Å². The first kappa shape index (κ1) is 35.7. The molecule has 1 aliphatic heterocycles. The van der Waals surface area contributed by atoms with Crippen molar-refractivity contribution in [2.75, 3.05) is 26.4 Å². The second kappa shape index (κ2) is 14.1. The lowest BCUT2D eigenvalue weighted by molar-refractivity contribution is -0.144. The molecule has 4 atom stereocenters. The van der Waals surface area contributed by atoms with Crippen LogP contribution in [0, 0.1) is 16.7 Å². The molecule has 2 aliphatic carbocycles. The van der Waals surface area contributed by atoms with Crippen molar-refractivity contribution in [1.29, 1.82) is 0 Å². The average molecular weight is 641 g/mol. The van der Waals surface area contributed by atoms with Gasteiger partial charge in [-0.3, -0.25) is 19.2 Å². The summed E-state index contributed by atoms with van der Waals surface area (Å²) in [7, 11) is -2.04. The van der Waals surface area contributed by atoms with Crippen molar-refractivity contribution >= 4 is 39.6 Å². The Hall–Kier alpha value is -2.74. The predicted octanol–water partition coefficient (Wildman–Crippen LogP) is 1.26. The molecule has 0 aromatic rings. The molecular formula is C30H52N6O7S. The largest absolute Gasteiger partial charge is 0.363 e. The molecule has 3 aliphatic rings. The number of ketones is 1. The van der Waals surface area contributed by atoms with E-state index in [0.29, 0.717) is 38.6 Å². The summed E-state index contributed by atoms with van der Waals surface area (Å²) in [6.45, 7) is 8.03. The Balaban J connectivity index is 1.81. The first-order chi connectivity index (χ1) is 20.3. The second-order valence-corrected chi connectivity index (χ2v) is 16.5. The van der Waals surface area contributed by atoms with Gasteiger partial charge in [0.2, 0.25) is 27.6 Å². The molecule has 0 bridgehead atoms. The van der Waals surface area contributed by atoms with E-state index in [9.17, 15) is 32.4 Å². The zero-order valence-corrected chi connectivity index (χ0v) is 27.9. The van der Waals surface area contributed by atoms with Gasteiger partial charge in [-0.1, -0.05) is 59.8 Å². The van der Waals surface area contributed by atoms with Crippen molar-refractivity contribution in [2.45, 2.75) is 116 Å². The summed E-state index contributed by atoms with van der Waals surface area (Å²) in [4.78, 5) is 66.9. The van der Waals surface area contributed by atoms with Crippen LogP contribution in [0.15, 0.2) is 0 Å². The molecule has 13 nitrogen and oxygen atoms in total. The summed E-state index contributed by atoms with van der Waals surface area (Å²) in [5.74, 6) is -2.58. The van der Waals surface area contributed by atoms with Crippen molar-refractivity contribution in [1.82, 2.24) is 25.2 Å². The Kier molecular flexibility index (Phi) is 11.5. The average Bonchev–Trinajstić information content (AvgIpc) is 3.60. The van der Waals surface area contributed by atoms with E-state index in [1.807, 2.05) is 27.7 Å². The number of amides is 5. The molecule has 3 fully saturated rings. The summed E-state index contributed by atoms with van der Waals surface area (Å²) in [6.07, 6.45) is 8.48. The third-order valence-electron chi connectivity index (χ3n) is 9.55. The van der Waals surface area contributed by atoms with Crippen LogP contribution in [0.1, 0.15) is 91.9 Å². The highest BCUT2D eigenvalue weighted by molar-refractivity contribution is 7.88. The van der Waals surface area contributed by atoms with E-state index in [1.54, 1.807) is 0 Å². The minimum Gasteiger partial charge on any atom is -0.363 e. The zero-order chi connectivity index (χ0) is 33.0. The van der Waals surface area contributed by atoms with E-state index >= 15 is 0 Å². The van der Waals surface area contributed by atoms with Gasteiger partial charge >= 0.3 is 6.03 Å². The molecule has 14 heteroatoms. The molecule has 44 heavy (non-hydrogen) atoms. The maximum absolute atomic E-state index is 14.3. The molecule has 1 heterocycles. The van der Waals surface area contributed by atoms with Crippen molar-refractivity contribution in [3.05, 3.63) is 0 Å². The van der Waals surface area contributed by atoms with Gasteiger partial charge in [0.05, 0.1) is 12.3 Å². The summed E-state index contributed by atoms with van der Waals surface area (Å²) in [5.41, 5.74) is 4.19. The summed E-state index contributed by atoms with van der Waals surface area (Å²) in [6, 6.07) is -3.96. The number of carbonyl (C=O) groups is 5. The van der Waals surface area contributed by atoms with Crippen LogP contribution in [0.3, 0.4) is 0 Å². The zero-order valence-electron chi connectivity index (χ0n) is 27.1. The highest BCUT2D eigenvalue weighted by Crippen LogP contribution is 2.40. The molecule has 5 N–H and O–H groups in total. The van der Waals surface area contributed by atoms with Crippen LogP contribution < -0.4 is 21.7 Å². The normalized spacial score (nSPS) is 22.5. The smallest absolute Gasteiger partial charge is 0.315 e. The maximum Gasteiger partial charge on any atom is 0.315 e. The number of urea groups is 1. The van der Waals surface area contributed by atoms with Crippen LogP contribution in [-0.2, 0) is 29.2 Å². The van der Waals surface area contributed by atoms with Crippen molar-refractivity contribution in [2.24, 2.45) is 22.5 Å². The SMILES string of the molecule is CN(C[C@@H](NC(=O)N[C@H](C(=O)N1CCC[C@H]1C(=O)NC(CC1CC1)C(=O)C(N)=O)C1(C)CCCCC1)C(C)(C)C)S(C)(=O)=O. The molecule has 0 aromatic carbocycles. The number of primary amides is 1. The van der Waals surface area contributed by atoms with Crippen LogP contribution in [-0.4, -0.2) is 97.7 Å². The highest BCUT2D eigenvalue weighted by atomic mass is 32.2. The van der Waals surface area contributed by atoms with E-state index in [1.165, 1.54) is 16.3 Å². The van der Waals surface area contributed by atoms with Gasteiger partial charge < -0.3 is 26.6 Å². The lowest BCUT2D eigenvalue weighted by Gasteiger charge is -2.43. The molecule has 1 unspecified atom stereocenters. The molecule has 0 spiro atoms. The summed E-state index contributed by atoms with van der Waals surface area (Å²) >= 11 is 0. The Morgan fingerprint density at radius 3 is 2.11 bits per heavy atom. The first-order valence-electron chi connectivity index (χ1n) is 15.8. The van der Waals surface area contributed by atoms with Crippen LogP contribution in [0.5, 0.6) is 0 Å². The van der Waals surface area contributed by atoms with Gasteiger partial charge in [0.25, 0.3) is 5.91 Å². The first-order valence-corrected chi connectivity index (χ1v) is 17.6. The number of hydrogen-bond donors (Lipinski definition) is 4. The lowest BCUT2D eigenvalue weighted by atomic mass is 9.70. The number of rotatable bonds is 13. The number of sulfonamides is 1. The number of nitrogens with one attached hydrogen (secondary N) is 3. The van der Waals surface area contributed by atoms with Crippen LogP contribution in [0.4, 0.5) is 4.79 Å². The Morgan fingerprint density at radius 2 is 1.59 bits per heavy atom. The summed E-state index contributed by atoms with van der Waals surface area (Å²) in [5, 5.41) is 8.54. The van der Waals surface area contributed by atoms with Crippen LogP contribution >= 0.6 is 0 Å². The number of carbonyl (C=O) groups excluding carboxylic acids is 5. The van der Waals surface area contributed by atoms with Gasteiger partial charge in [0.1, 0.15) is 12.1 Å². The second-order valence-electron chi connectivity index (χ2n) is 14.4. The molecule has 250 valence electrons. The lowest BCUT2D eigenvalue weighted by Crippen LogP contribution is -2.63. The van der Waals surface area contributed by atoms with Crippen LogP contribution in [0.25, 0.3) is 0 Å². The van der Waals surface area contributed by atoms with Gasteiger partial charge in [-0.25, -0.2) is 17.5 Å². The Labute approximate surface area is 261 Å². The molecule has 2 saturated carbocycles. The van der Waals surface area contributed by atoms with Crippen molar-refractivity contribution in [3.63, 3.8) is 0 Å². The van der Waals surface area contributed by atoms with Crippen molar-refractivity contribution in [3.8, 4) is 0 Å². The molecule has 3 rings (SSSR count). The number of likely N-dealkylation sites (tertiary alicyclic amines) is 1. The Bertz CT molecular complexity index is 1210. The molecule has 1 saturated heterocycles. The van der Waals surface area contributed by atoms with E-state index in [2.05, 4.69) is 16.0 Å². The minimum atomic E-state index is -3.49. The fourth-order valence-electron chi connectivity index (χ4n) is 6.27. The highest BCUT2D eigenvalue weighted by Gasteiger charge is 2.47. The van der Waals surface area contributed by atoms with E-state index in [0.717, 1.165) is 38.4 Å². The minimum absolute atomic E-state index is 0.0477. The van der Waals surface area contributed by atoms with E-state index < -0.39 is 68.6 Å². The number of nitrogens with two attached hydrogens (primary N) is 1. The monoisotopic (exact) mass is 640 g/mol.